The van der Waals surface area contributed by atoms with Crippen LogP contribution in [-0.2, 0) is 16.1 Å². The van der Waals surface area contributed by atoms with Gasteiger partial charge in [0.2, 0.25) is 11.8 Å². The molecule has 3 amide bonds. The number of para-hydroxylation sites is 1. The first-order chi connectivity index (χ1) is 15.5. The van der Waals surface area contributed by atoms with Crippen LogP contribution in [-0.4, -0.2) is 40.1 Å². The van der Waals surface area contributed by atoms with E-state index >= 15 is 0 Å². The van der Waals surface area contributed by atoms with E-state index in [0.717, 1.165) is 10.2 Å². The zero-order valence-electron chi connectivity index (χ0n) is 17.1. The molecule has 0 bridgehead atoms. The van der Waals surface area contributed by atoms with Gasteiger partial charge in [-0.05, 0) is 24.6 Å². The molecule has 1 aromatic heterocycles. The van der Waals surface area contributed by atoms with Crippen molar-refractivity contribution in [1.82, 2.24) is 20.4 Å². The quantitative estimate of drug-likeness (QED) is 0.541. The van der Waals surface area contributed by atoms with Crippen molar-refractivity contribution in [2.24, 2.45) is 0 Å². The summed E-state index contributed by atoms with van der Waals surface area (Å²) in [6, 6.07) is 18.2. The minimum atomic E-state index is -0.794. The summed E-state index contributed by atoms with van der Waals surface area (Å²) in [4.78, 5) is 49.2. The van der Waals surface area contributed by atoms with Crippen molar-refractivity contribution in [3.8, 4) is 11.3 Å². The highest BCUT2D eigenvalue weighted by Crippen LogP contribution is 2.18. The van der Waals surface area contributed by atoms with Gasteiger partial charge in [-0.2, -0.15) is 5.10 Å². The predicted octanol–water partition coefficient (Wildman–Crippen LogP) is 1.17. The van der Waals surface area contributed by atoms with E-state index in [4.69, 9.17) is 0 Å². The maximum Gasteiger partial charge on any atom is 0.267 e. The smallest absolute Gasteiger partial charge is 0.267 e. The highest BCUT2D eigenvalue weighted by molar-refractivity contribution is 6.09. The number of hydrogen-bond donors (Lipinski definition) is 3. The Balaban J connectivity index is 1.35. The highest BCUT2D eigenvalue weighted by atomic mass is 16.2. The molecule has 1 unspecified atom stereocenters. The molecule has 9 nitrogen and oxygen atoms in total. The molecule has 1 atom stereocenters. The van der Waals surface area contributed by atoms with Crippen molar-refractivity contribution >= 4 is 23.4 Å². The second-order valence-electron chi connectivity index (χ2n) is 7.28. The van der Waals surface area contributed by atoms with Crippen LogP contribution in [0.15, 0.2) is 71.5 Å². The first-order valence-electron chi connectivity index (χ1n) is 10.1. The summed E-state index contributed by atoms with van der Waals surface area (Å²) in [6.07, 6.45) is 0.198. The van der Waals surface area contributed by atoms with Crippen LogP contribution in [0, 0.1) is 0 Å². The number of fused-ring (bicyclic) bond motifs is 1. The van der Waals surface area contributed by atoms with Gasteiger partial charge in [0.1, 0.15) is 12.6 Å². The molecular formula is C23H21N5O4. The average Bonchev–Trinajstić information content (AvgIpc) is 2.92. The fourth-order valence-electron chi connectivity index (χ4n) is 3.39. The molecule has 2 aromatic carbocycles. The van der Waals surface area contributed by atoms with E-state index in [1.807, 2.05) is 30.3 Å². The number of carbonyl (C=O) groups excluding carboxylic acids is 3. The zero-order valence-corrected chi connectivity index (χ0v) is 17.1. The largest absolute Gasteiger partial charge is 0.354 e. The lowest BCUT2D eigenvalue weighted by atomic mass is 10.1. The van der Waals surface area contributed by atoms with E-state index in [1.165, 1.54) is 6.07 Å². The second-order valence-corrected chi connectivity index (χ2v) is 7.28. The molecule has 3 aromatic rings. The number of nitrogens with zero attached hydrogens (tertiary/aromatic N) is 2. The van der Waals surface area contributed by atoms with E-state index in [-0.39, 0.29) is 31.3 Å². The Morgan fingerprint density at radius 3 is 2.53 bits per heavy atom. The molecule has 0 saturated carbocycles. The van der Waals surface area contributed by atoms with Crippen molar-refractivity contribution in [3.05, 3.63) is 82.6 Å². The van der Waals surface area contributed by atoms with E-state index in [9.17, 15) is 19.2 Å². The second kappa shape index (κ2) is 9.25. The van der Waals surface area contributed by atoms with Crippen LogP contribution in [0.1, 0.15) is 16.8 Å². The van der Waals surface area contributed by atoms with Crippen LogP contribution >= 0.6 is 0 Å². The third-order valence-electron chi connectivity index (χ3n) is 5.04. The highest BCUT2D eigenvalue weighted by Gasteiger charge is 2.27. The molecule has 9 heteroatoms. The van der Waals surface area contributed by atoms with Gasteiger partial charge in [0, 0.05) is 18.2 Å². The molecule has 3 N–H and O–H groups in total. The van der Waals surface area contributed by atoms with Gasteiger partial charge in [-0.1, -0.05) is 42.5 Å². The number of nitrogens with one attached hydrogen (secondary N) is 3. The Labute approximate surface area is 183 Å². The number of carbonyl (C=O) groups is 3. The number of anilines is 1. The predicted molar refractivity (Wildman–Crippen MR) is 118 cm³/mol. The van der Waals surface area contributed by atoms with Gasteiger partial charge in [-0.25, -0.2) is 4.68 Å². The zero-order chi connectivity index (χ0) is 22.5. The topological polar surface area (TPSA) is 122 Å². The summed E-state index contributed by atoms with van der Waals surface area (Å²) < 4.78 is 1.09. The summed E-state index contributed by atoms with van der Waals surface area (Å²) >= 11 is 0. The Bertz CT molecular complexity index is 1220. The maximum absolute atomic E-state index is 12.4. The fourth-order valence-corrected chi connectivity index (χ4v) is 3.39. The number of hydrogen-bond acceptors (Lipinski definition) is 5. The first-order valence-corrected chi connectivity index (χ1v) is 10.1. The Kier molecular flexibility index (Phi) is 6.07. The van der Waals surface area contributed by atoms with Crippen LogP contribution in [0.25, 0.3) is 11.3 Å². The van der Waals surface area contributed by atoms with E-state index in [2.05, 4.69) is 21.0 Å². The van der Waals surface area contributed by atoms with Gasteiger partial charge >= 0.3 is 0 Å². The summed E-state index contributed by atoms with van der Waals surface area (Å²) in [5, 5.41) is 12.3. The Hall–Kier alpha value is -4.27. The molecule has 0 fully saturated rings. The van der Waals surface area contributed by atoms with Crippen LogP contribution < -0.4 is 21.5 Å². The van der Waals surface area contributed by atoms with E-state index < -0.39 is 17.5 Å². The minimum absolute atomic E-state index is 0.140. The molecule has 4 rings (SSSR count). The van der Waals surface area contributed by atoms with Crippen molar-refractivity contribution in [2.75, 3.05) is 11.9 Å². The maximum atomic E-state index is 12.4. The Morgan fingerprint density at radius 1 is 0.969 bits per heavy atom. The van der Waals surface area contributed by atoms with Gasteiger partial charge in [-0.3, -0.25) is 19.2 Å². The lowest BCUT2D eigenvalue weighted by molar-refractivity contribution is -0.122. The normalized spacial score (nSPS) is 15.2. The molecule has 2 heterocycles. The lowest BCUT2D eigenvalue weighted by Gasteiger charge is -2.15. The number of amides is 3. The minimum Gasteiger partial charge on any atom is -0.354 e. The van der Waals surface area contributed by atoms with Crippen LogP contribution in [0.2, 0.25) is 0 Å². The van der Waals surface area contributed by atoms with Crippen molar-refractivity contribution in [3.63, 3.8) is 0 Å². The third-order valence-corrected chi connectivity index (χ3v) is 5.04. The molecule has 162 valence electrons. The summed E-state index contributed by atoms with van der Waals surface area (Å²) in [6.45, 7) is -0.116. The van der Waals surface area contributed by atoms with Gasteiger partial charge in [0.05, 0.1) is 16.9 Å². The van der Waals surface area contributed by atoms with Crippen molar-refractivity contribution < 1.29 is 14.4 Å². The van der Waals surface area contributed by atoms with Crippen LogP contribution in [0.5, 0.6) is 0 Å². The number of aromatic nitrogens is 2. The van der Waals surface area contributed by atoms with Crippen LogP contribution in [0.3, 0.4) is 0 Å². The molecule has 32 heavy (non-hydrogen) atoms. The van der Waals surface area contributed by atoms with Gasteiger partial charge in [-0.15, -0.1) is 0 Å². The molecule has 0 saturated heterocycles. The number of rotatable bonds is 6. The molecule has 1 aliphatic rings. The molecule has 1 aliphatic heterocycles. The molecule has 0 radical (unpaired) electrons. The van der Waals surface area contributed by atoms with E-state index in [1.54, 1.807) is 30.3 Å². The first kappa shape index (κ1) is 21.0. The van der Waals surface area contributed by atoms with Crippen molar-refractivity contribution in [2.45, 2.75) is 19.0 Å². The lowest BCUT2D eigenvalue weighted by Crippen LogP contribution is -2.44. The van der Waals surface area contributed by atoms with Crippen molar-refractivity contribution in [1.29, 1.82) is 0 Å². The summed E-state index contributed by atoms with van der Waals surface area (Å²) in [5.41, 5.74) is 1.85. The summed E-state index contributed by atoms with van der Waals surface area (Å²) in [5.74, 6) is -1.14. The third kappa shape index (κ3) is 4.72. The van der Waals surface area contributed by atoms with Crippen LogP contribution in [0.4, 0.5) is 5.69 Å². The molecular weight excluding hydrogens is 410 g/mol. The van der Waals surface area contributed by atoms with Gasteiger partial charge < -0.3 is 16.0 Å². The number of benzene rings is 2. The standard InChI is InChI=1S/C23H21N5O4/c29-20(14-28-21(30)11-10-17(27-28)15-6-2-1-3-7-15)24-13-12-19-23(32)25-18-9-5-4-8-16(18)22(31)26-19/h1-11,19H,12-14H2,(H,24,29)(H,25,32)(H,26,31). The Morgan fingerprint density at radius 2 is 1.72 bits per heavy atom. The van der Waals surface area contributed by atoms with Gasteiger partial charge in [0.15, 0.2) is 0 Å². The monoisotopic (exact) mass is 431 g/mol. The fraction of sp³-hybridized carbons (Fsp3) is 0.174. The average molecular weight is 431 g/mol. The SMILES string of the molecule is O=C(Cn1nc(-c2ccccc2)ccc1=O)NCCC1NC(=O)c2ccccc2NC1=O. The summed E-state index contributed by atoms with van der Waals surface area (Å²) in [7, 11) is 0. The molecule has 0 aliphatic carbocycles. The molecule has 0 spiro atoms. The van der Waals surface area contributed by atoms with E-state index in [0.29, 0.717) is 16.9 Å². The van der Waals surface area contributed by atoms with Gasteiger partial charge in [0.25, 0.3) is 11.5 Å².